The molecule has 3 rings (SSSR count). The summed E-state index contributed by atoms with van der Waals surface area (Å²) in [6.45, 7) is 0. The van der Waals surface area contributed by atoms with Crippen LogP contribution in [0.3, 0.4) is 0 Å². The van der Waals surface area contributed by atoms with Gasteiger partial charge in [-0.25, -0.2) is 13.6 Å². The van der Waals surface area contributed by atoms with Crippen LogP contribution in [0.1, 0.15) is 0 Å². The van der Waals surface area contributed by atoms with E-state index in [-0.39, 0.29) is 11.4 Å². The third-order valence-electron chi connectivity index (χ3n) is 2.91. The predicted octanol–water partition coefficient (Wildman–Crippen LogP) is 2.80. The molecule has 0 saturated heterocycles. The van der Waals surface area contributed by atoms with Gasteiger partial charge in [0, 0.05) is 18.2 Å². The standard InChI is InChI=1S/C14H7F2N3O5/c15-8-4-5-12(11(16)6-8)23-13-17-18(14(20)24-13)9-2-1-3-10(7-9)19(21)22/h1-7H. The lowest BCUT2D eigenvalue weighted by atomic mass is 10.3. The smallest absolute Gasteiger partial charge is 0.407 e. The van der Waals surface area contributed by atoms with E-state index in [0.29, 0.717) is 10.7 Å². The van der Waals surface area contributed by atoms with Crippen molar-refractivity contribution in [1.29, 1.82) is 0 Å². The molecule has 0 fully saturated rings. The van der Waals surface area contributed by atoms with Gasteiger partial charge in [0.05, 0.1) is 10.6 Å². The van der Waals surface area contributed by atoms with Gasteiger partial charge in [0.15, 0.2) is 11.6 Å². The summed E-state index contributed by atoms with van der Waals surface area (Å²) in [5.74, 6) is -3.21. The average Bonchev–Trinajstić information content (AvgIpc) is 2.91. The third-order valence-corrected chi connectivity index (χ3v) is 2.91. The van der Waals surface area contributed by atoms with E-state index in [4.69, 9.17) is 9.15 Å². The van der Waals surface area contributed by atoms with Gasteiger partial charge in [-0.3, -0.25) is 10.1 Å². The van der Waals surface area contributed by atoms with E-state index in [1.54, 1.807) is 0 Å². The largest absolute Gasteiger partial charge is 0.444 e. The molecule has 2 aromatic carbocycles. The molecular formula is C14H7F2N3O5. The number of nitrogens with zero attached hydrogens (tertiary/aromatic N) is 3. The SMILES string of the molecule is O=c1oc(Oc2ccc(F)cc2F)nn1-c1cccc([N+](=O)[O-])c1. The quantitative estimate of drug-likeness (QED) is 0.537. The summed E-state index contributed by atoms with van der Waals surface area (Å²) in [6, 6.07) is 7.62. The normalized spacial score (nSPS) is 10.6. The van der Waals surface area contributed by atoms with Crippen LogP contribution in [-0.2, 0) is 0 Å². The molecule has 0 amide bonds. The number of ether oxygens (including phenoxy) is 1. The Balaban J connectivity index is 1.94. The minimum atomic E-state index is -1.01. The number of benzene rings is 2. The van der Waals surface area contributed by atoms with Gasteiger partial charge in [-0.2, -0.15) is 4.68 Å². The van der Waals surface area contributed by atoms with Crippen molar-refractivity contribution >= 4 is 5.69 Å². The Hall–Kier alpha value is -3.56. The van der Waals surface area contributed by atoms with Gasteiger partial charge in [0.1, 0.15) is 5.82 Å². The molecule has 1 aromatic heterocycles. The van der Waals surface area contributed by atoms with Gasteiger partial charge in [-0.1, -0.05) is 11.2 Å². The summed E-state index contributed by atoms with van der Waals surface area (Å²) >= 11 is 0. The predicted molar refractivity (Wildman–Crippen MR) is 75.2 cm³/mol. The molecule has 0 aliphatic carbocycles. The van der Waals surface area contributed by atoms with Gasteiger partial charge >= 0.3 is 11.8 Å². The first-order valence-electron chi connectivity index (χ1n) is 6.42. The van der Waals surface area contributed by atoms with Crippen molar-refractivity contribution in [3.8, 4) is 17.5 Å². The van der Waals surface area contributed by atoms with Gasteiger partial charge in [-0.15, -0.1) is 0 Å². The monoisotopic (exact) mass is 335 g/mol. The van der Waals surface area contributed by atoms with Gasteiger partial charge in [0.25, 0.3) is 5.69 Å². The summed E-state index contributed by atoms with van der Waals surface area (Å²) in [6.07, 6.45) is -0.600. The van der Waals surface area contributed by atoms with Crippen molar-refractivity contribution in [1.82, 2.24) is 9.78 Å². The Labute approximate surface area is 131 Å². The maximum Gasteiger partial charge on any atom is 0.444 e. The zero-order valence-electron chi connectivity index (χ0n) is 11.7. The van der Waals surface area contributed by atoms with Crippen molar-refractivity contribution in [2.45, 2.75) is 0 Å². The molecule has 0 N–H and O–H groups in total. The second-order valence-corrected chi connectivity index (χ2v) is 4.50. The van der Waals surface area contributed by atoms with Crippen molar-refractivity contribution in [2.75, 3.05) is 0 Å². The highest BCUT2D eigenvalue weighted by atomic mass is 19.1. The van der Waals surface area contributed by atoms with Crippen LogP contribution >= 0.6 is 0 Å². The van der Waals surface area contributed by atoms with Gasteiger partial charge in [0.2, 0.25) is 0 Å². The summed E-state index contributed by atoms with van der Waals surface area (Å²) < 4.78 is 36.7. The van der Waals surface area contributed by atoms with Crippen LogP contribution in [-0.4, -0.2) is 14.7 Å². The van der Waals surface area contributed by atoms with Gasteiger partial charge in [-0.05, 0) is 18.2 Å². The number of aromatic nitrogens is 2. The molecule has 0 aliphatic heterocycles. The summed E-state index contributed by atoms with van der Waals surface area (Å²) in [5, 5.41) is 14.4. The number of non-ortho nitro benzene ring substituents is 1. The van der Waals surface area contributed by atoms with Crippen molar-refractivity contribution in [3.05, 3.63) is 74.8 Å². The van der Waals surface area contributed by atoms with Crippen molar-refractivity contribution < 1.29 is 22.9 Å². The second-order valence-electron chi connectivity index (χ2n) is 4.50. The number of rotatable bonds is 4. The van der Waals surface area contributed by atoms with Crippen LogP contribution in [0.2, 0.25) is 0 Å². The topological polar surface area (TPSA) is 100 Å². The molecular weight excluding hydrogens is 328 g/mol. The van der Waals surface area contributed by atoms with Gasteiger partial charge < -0.3 is 9.15 Å². The summed E-state index contributed by atoms with van der Waals surface area (Å²) in [4.78, 5) is 21.9. The first kappa shape index (κ1) is 15.3. The molecule has 10 heteroatoms. The average molecular weight is 335 g/mol. The molecule has 122 valence electrons. The van der Waals surface area contributed by atoms with E-state index in [1.807, 2.05) is 0 Å². The fourth-order valence-corrected chi connectivity index (χ4v) is 1.86. The third kappa shape index (κ3) is 2.97. The van der Waals surface area contributed by atoms with E-state index >= 15 is 0 Å². The number of nitro benzene ring substituents is 1. The van der Waals surface area contributed by atoms with Crippen LogP contribution in [0, 0.1) is 21.7 Å². The molecule has 3 aromatic rings. The first-order valence-corrected chi connectivity index (χ1v) is 6.42. The Morgan fingerprint density at radius 3 is 2.71 bits per heavy atom. The van der Waals surface area contributed by atoms with Crippen LogP contribution in [0.15, 0.2) is 51.7 Å². The highest BCUT2D eigenvalue weighted by Crippen LogP contribution is 2.23. The second kappa shape index (κ2) is 5.91. The minimum Gasteiger partial charge on any atom is -0.407 e. The molecule has 1 heterocycles. The molecule has 24 heavy (non-hydrogen) atoms. The molecule has 0 saturated carbocycles. The van der Waals surface area contributed by atoms with Crippen LogP contribution < -0.4 is 10.5 Å². The highest BCUT2D eigenvalue weighted by molar-refractivity contribution is 5.42. The molecule has 0 aliphatic rings. The Kier molecular flexibility index (Phi) is 3.78. The van der Waals surface area contributed by atoms with Crippen LogP contribution in [0.25, 0.3) is 5.69 Å². The lowest BCUT2D eigenvalue weighted by Gasteiger charge is -2.01. The Bertz CT molecular complexity index is 983. The molecule has 8 nitrogen and oxygen atoms in total. The molecule has 0 atom stereocenters. The lowest BCUT2D eigenvalue weighted by Crippen LogP contribution is -2.13. The molecule has 0 radical (unpaired) electrons. The summed E-state index contributed by atoms with van der Waals surface area (Å²) in [7, 11) is 0. The number of halogens is 2. The van der Waals surface area contributed by atoms with E-state index in [0.717, 1.165) is 18.2 Å². The van der Waals surface area contributed by atoms with E-state index < -0.39 is 34.1 Å². The van der Waals surface area contributed by atoms with Crippen LogP contribution in [0.5, 0.6) is 11.8 Å². The zero-order chi connectivity index (χ0) is 17.3. The Morgan fingerprint density at radius 1 is 1.21 bits per heavy atom. The number of hydrogen-bond donors (Lipinski definition) is 0. The molecule has 0 unspecified atom stereocenters. The maximum atomic E-state index is 13.5. The van der Waals surface area contributed by atoms with Crippen molar-refractivity contribution in [2.24, 2.45) is 0 Å². The van der Waals surface area contributed by atoms with Crippen molar-refractivity contribution in [3.63, 3.8) is 0 Å². The fraction of sp³-hybridized carbons (Fsp3) is 0. The number of nitro groups is 1. The first-order chi connectivity index (χ1) is 11.4. The minimum absolute atomic E-state index is 0.0624. The maximum absolute atomic E-state index is 13.5. The lowest BCUT2D eigenvalue weighted by molar-refractivity contribution is -0.384. The zero-order valence-corrected chi connectivity index (χ0v) is 11.7. The van der Waals surface area contributed by atoms with E-state index in [1.165, 1.54) is 18.2 Å². The molecule has 0 bridgehead atoms. The van der Waals surface area contributed by atoms with Crippen LogP contribution in [0.4, 0.5) is 14.5 Å². The molecule has 0 spiro atoms. The highest BCUT2D eigenvalue weighted by Gasteiger charge is 2.16. The Morgan fingerprint density at radius 2 is 2.00 bits per heavy atom. The van der Waals surface area contributed by atoms with E-state index in [9.17, 15) is 23.7 Å². The summed E-state index contributed by atoms with van der Waals surface area (Å²) in [5.41, 5.74) is -0.193. The number of hydrogen-bond acceptors (Lipinski definition) is 6. The van der Waals surface area contributed by atoms with E-state index in [2.05, 4.69) is 5.10 Å². The fourth-order valence-electron chi connectivity index (χ4n) is 1.86.